The summed E-state index contributed by atoms with van der Waals surface area (Å²) in [6, 6.07) is 13.3. The molecular weight excluding hydrogens is 366 g/mol. The lowest BCUT2D eigenvalue weighted by Gasteiger charge is -2.17. The predicted molar refractivity (Wildman–Crippen MR) is 120 cm³/mol. The minimum Gasteiger partial charge on any atom is -0.395 e. The van der Waals surface area contributed by atoms with Gasteiger partial charge in [0.1, 0.15) is 0 Å². The number of fused-ring (bicyclic) bond motifs is 1. The first-order valence-corrected chi connectivity index (χ1v) is 10.7. The Morgan fingerprint density at radius 3 is 2.68 bits per heavy atom. The van der Waals surface area contributed by atoms with Crippen LogP contribution in [-0.4, -0.2) is 39.0 Å². The van der Waals surface area contributed by atoms with Gasteiger partial charge in [-0.2, -0.15) is 0 Å². The molecule has 0 amide bonds. The molecule has 0 radical (unpaired) electrons. The summed E-state index contributed by atoms with van der Waals surface area (Å²) in [5.41, 5.74) is 4.46. The van der Waals surface area contributed by atoms with Crippen LogP contribution in [0.3, 0.4) is 0 Å². The average molecular weight is 398 g/mol. The number of H-pyrrole nitrogens is 1. The number of aryl methyl sites for hydroxylation is 1. The van der Waals surface area contributed by atoms with E-state index in [1.165, 1.54) is 28.0 Å². The van der Waals surface area contributed by atoms with Gasteiger partial charge in [-0.15, -0.1) is 11.8 Å². The fraction of sp³-hybridized carbons (Fsp3) is 0.435. The Balaban J connectivity index is 0.000000271. The third kappa shape index (κ3) is 5.84. The highest BCUT2D eigenvalue weighted by atomic mass is 32.2. The first-order chi connectivity index (χ1) is 13.3. The van der Waals surface area contributed by atoms with E-state index in [1.807, 2.05) is 18.0 Å². The molecule has 1 aliphatic rings. The molecule has 1 saturated heterocycles. The fourth-order valence-corrected chi connectivity index (χ4v) is 4.36. The van der Waals surface area contributed by atoms with Gasteiger partial charge in [-0.3, -0.25) is 4.98 Å². The molecule has 5 heteroatoms. The fourth-order valence-electron chi connectivity index (χ4n) is 3.32. The van der Waals surface area contributed by atoms with E-state index in [4.69, 9.17) is 5.11 Å². The van der Waals surface area contributed by atoms with E-state index < -0.39 is 0 Å². The Morgan fingerprint density at radius 2 is 2.04 bits per heavy atom. The number of aromatic amines is 1. The van der Waals surface area contributed by atoms with Gasteiger partial charge < -0.3 is 15.4 Å². The summed E-state index contributed by atoms with van der Waals surface area (Å²) < 4.78 is 0.216. The van der Waals surface area contributed by atoms with Gasteiger partial charge in [0.15, 0.2) is 0 Å². The molecule has 2 aromatic heterocycles. The third-order valence-electron chi connectivity index (χ3n) is 4.58. The molecule has 0 spiro atoms. The van der Waals surface area contributed by atoms with Crippen LogP contribution in [0.4, 0.5) is 0 Å². The Bertz CT molecular complexity index is 908. The summed E-state index contributed by atoms with van der Waals surface area (Å²) in [5.74, 6) is 0. The second kappa shape index (κ2) is 9.12. The van der Waals surface area contributed by atoms with Crippen molar-refractivity contribution < 1.29 is 5.11 Å². The molecule has 0 saturated carbocycles. The quantitative estimate of drug-likeness (QED) is 0.534. The average Bonchev–Trinajstić information content (AvgIpc) is 3.28. The number of aliphatic hydroxyl groups is 1. The number of thioether (sulfide) groups is 1. The van der Waals surface area contributed by atoms with E-state index >= 15 is 0 Å². The molecule has 1 aromatic carbocycles. The topological polar surface area (TPSA) is 60.9 Å². The van der Waals surface area contributed by atoms with Crippen molar-refractivity contribution >= 4 is 22.7 Å². The molecule has 3 heterocycles. The van der Waals surface area contributed by atoms with Crippen LogP contribution in [0.1, 0.15) is 39.3 Å². The van der Waals surface area contributed by atoms with Crippen LogP contribution in [0.25, 0.3) is 22.2 Å². The van der Waals surface area contributed by atoms with Crippen molar-refractivity contribution in [1.82, 2.24) is 15.3 Å². The van der Waals surface area contributed by atoms with Gasteiger partial charge in [-0.25, -0.2) is 0 Å². The molecule has 1 fully saturated rings. The molecule has 3 N–H and O–H groups in total. The van der Waals surface area contributed by atoms with Crippen LogP contribution >= 0.6 is 11.8 Å². The summed E-state index contributed by atoms with van der Waals surface area (Å²) in [6.45, 7) is 10.2. The Hall–Kier alpha value is -1.82. The lowest BCUT2D eigenvalue weighted by molar-refractivity contribution is 0.255. The number of aliphatic hydroxyl groups excluding tert-OH is 1. The first-order valence-electron chi connectivity index (χ1n) is 9.93. The number of hydrogen-bond acceptors (Lipinski definition) is 4. The molecule has 1 atom stereocenters. The Kier molecular flexibility index (Phi) is 6.81. The van der Waals surface area contributed by atoms with Gasteiger partial charge in [0.05, 0.1) is 24.0 Å². The van der Waals surface area contributed by atoms with Crippen LogP contribution in [0, 0.1) is 6.92 Å². The van der Waals surface area contributed by atoms with E-state index in [-0.39, 0.29) is 4.75 Å². The molecule has 150 valence electrons. The van der Waals surface area contributed by atoms with Gasteiger partial charge in [0, 0.05) is 32.3 Å². The van der Waals surface area contributed by atoms with Crippen molar-refractivity contribution in [3.63, 3.8) is 0 Å². The normalized spacial score (nSPS) is 16.8. The third-order valence-corrected chi connectivity index (χ3v) is 5.68. The molecule has 1 aliphatic heterocycles. The maximum Gasteiger partial charge on any atom is 0.0710 e. The molecule has 0 aliphatic carbocycles. The smallest absolute Gasteiger partial charge is 0.0710 e. The van der Waals surface area contributed by atoms with Crippen molar-refractivity contribution in [3.05, 3.63) is 48.3 Å². The summed E-state index contributed by atoms with van der Waals surface area (Å²) >= 11 is 1.88. The van der Waals surface area contributed by atoms with E-state index in [9.17, 15) is 0 Å². The van der Waals surface area contributed by atoms with Crippen LogP contribution in [0.5, 0.6) is 0 Å². The predicted octanol–water partition coefficient (Wildman–Crippen LogP) is 5.16. The van der Waals surface area contributed by atoms with E-state index in [0.29, 0.717) is 12.6 Å². The van der Waals surface area contributed by atoms with Crippen molar-refractivity contribution in [2.24, 2.45) is 0 Å². The highest BCUT2D eigenvalue weighted by molar-refractivity contribution is 8.00. The van der Waals surface area contributed by atoms with Crippen molar-refractivity contribution in [1.29, 1.82) is 0 Å². The minimum absolute atomic E-state index is 0.216. The lowest BCUT2D eigenvalue weighted by Crippen LogP contribution is -2.24. The number of nitrogens with one attached hydrogen (secondary N) is 2. The highest BCUT2D eigenvalue weighted by Gasteiger charge is 2.13. The van der Waals surface area contributed by atoms with Crippen LogP contribution < -0.4 is 5.32 Å². The summed E-state index contributed by atoms with van der Waals surface area (Å²) in [4.78, 5) is 9.18. The van der Waals surface area contributed by atoms with Gasteiger partial charge in [-0.05, 0) is 50.6 Å². The maximum absolute atomic E-state index is 8.50. The molecule has 4 rings (SSSR count). The number of aromatic nitrogens is 2. The summed E-state index contributed by atoms with van der Waals surface area (Å²) in [7, 11) is 0. The number of nitrogens with zero attached hydrogens (tertiary/aromatic N) is 1. The van der Waals surface area contributed by atoms with Crippen molar-refractivity contribution in [3.8, 4) is 11.3 Å². The Labute approximate surface area is 172 Å². The largest absolute Gasteiger partial charge is 0.395 e. The number of pyridine rings is 1. The minimum atomic E-state index is 0.216. The zero-order valence-corrected chi connectivity index (χ0v) is 18.1. The SMILES string of the molecule is Cc1cc2cc(-c3cccc(SC(C)(C)C)c3)ncc2[nH]1.OCC1CCCN1. The van der Waals surface area contributed by atoms with Gasteiger partial charge >= 0.3 is 0 Å². The van der Waals surface area contributed by atoms with Gasteiger partial charge in [0.25, 0.3) is 0 Å². The van der Waals surface area contributed by atoms with E-state index in [1.54, 1.807) is 0 Å². The monoisotopic (exact) mass is 397 g/mol. The van der Waals surface area contributed by atoms with E-state index in [0.717, 1.165) is 24.2 Å². The number of benzene rings is 1. The van der Waals surface area contributed by atoms with Gasteiger partial charge in [-0.1, -0.05) is 32.9 Å². The molecule has 4 nitrogen and oxygen atoms in total. The molecule has 3 aromatic rings. The van der Waals surface area contributed by atoms with Gasteiger partial charge in [0.2, 0.25) is 0 Å². The maximum atomic E-state index is 8.50. The first kappa shape index (κ1) is 20.9. The summed E-state index contributed by atoms with van der Waals surface area (Å²) in [6.07, 6.45) is 4.29. The Morgan fingerprint density at radius 1 is 1.21 bits per heavy atom. The van der Waals surface area contributed by atoms with Crippen molar-refractivity contribution in [2.75, 3.05) is 13.2 Å². The molecule has 0 bridgehead atoms. The summed E-state index contributed by atoms with van der Waals surface area (Å²) in [5, 5.41) is 12.9. The number of rotatable bonds is 3. The number of hydrogen-bond donors (Lipinski definition) is 3. The highest BCUT2D eigenvalue weighted by Crippen LogP contribution is 2.34. The standard InChI is InChI=1S/C18H20N2S.C5H11NO/c1-12-8-14-10-16(19-11-17(14)20-12)13-6-5-7-15(9-13)21-18(2,3)4;7-4-5-2-1-3-6-5/h5-11,20H,1-4H3;5-7H,1-4H2. The lowest BCUT2D eigenvalue weighted by atomic mass is 10.1. The molecular formula is C23H31N3OS. The zero-order valence-electron chi connectivity index (χ0n) is 17.2. The van der Waals surface area contributed by atoms with E-state index in [2.05, 4.69) is 79.4 Å². The second-order valence-corrected chi connectivity index (χ2v) is 10.2. The van der Waals surface area contributed by atoms with Crippen LogP contribution in [0.15, 0.2) is 47.5 Å². The zero-order chi connectivity index (χ0) is 20.1. The van der Waals surface area contributed by atoms with Crippen LogP contribution in [-0.2, 0) is 0 Å². The van der Waals surface area contributed by atoms with Crippen LogP contribution in [0.2, 0.25) is 0 Å². The van der Waals surface area contributed by atoms with Crippen molar-refractivity contribution in [2.45, 2.75) is 56.2 Å². The molecule has 1 unspecified atom stereocenters. The molecule has 28 heavy (non-hydrogen) atoms. The second-order valence-electron chi connectivity index (χ2n) is 8.33.